The molecular weight excluding hydrogens is 390 g/mol. The molecule has 0 bridgehead atoms. The van der Waals surface area contributed by atoms with Crippen molar-refractivity contribution in [1.29, 1.82) is 0 Å². The summed E-state index contributed by atoms with van der Waals surface area (Å²) in [5.74, 6) is 0.903. The normalized spacial score (nSPS) is 11.9. The lowest BCUT2D eigenvalue weighted by Gasteiger charge is -2.17. The number of methoxy groups -OCH3 is 2. The van der Waals surface area contributed by atoms with E-state index >= 15 is 0 Å². The van der Waals surface area contributed by atoms with Crippen LogP contribution in [0.5, 0.6) is 11.5 Å². The lowest BCUT2D eigenvalue weighted by Crippen LogP contribution is -3.11. The fourth-order valence-corrected chi connectivity index (χ4v) is 2.99. The molecule has 0 aliphatic carbocycles. The third-order valence-corrected chi connectivity index (χ3v) is 4.48. The fourth-order valence-electron chi connectivity index (χ4n) is 2.99. The van der Waals surface area contributed by atoms with Crippen molar-refractivity contribution in [2.24, 2.45) is 0 Å². The summed E-state index contributed by atoms with van der Waals surface area (Å²) in [5, 5.41) is 5.72. The van der Waals surface area contributed by atoms with Crippen molar-refractivity contribution < 1.29 is 24.0 Å². The summed E-state index contributed by atoms with van der Waals surface area (Å²) in [7, 11) is 3.01. The van der Waals surface area contributed by atoms with Gasteiger partial charge in [0, 0.05) is 12.1 Å². The quantitative estimate of drug-likeness (QED) is 0.390. The molecule has 0 aliphatic heterocycles. The molecule has 2 rings (SSSR count). The Morgan fingerprint density at radius 2 is 1.83 bits per heavy atom. The highest BCUT2D eigenvalue weighted by Crippen LogP contribution is 2.29. The maximum absolute atomic E-state index is 12.5. The summed E-state index contributed by atoms with van der Waals surface area (Å²) in [6.45, 7) is 6.71. The van der Waals surface area contributed by atoms with Crippen LogP contribution in [0, 0.1) is 0 Å². The van der Waals surface area contributed by atoms with Gasteiger partial charge in [-0.2, -0.15) is 0 Å². The largest absolute Gasteiger partial charge is 0.493 e. The zero-order valence-electron chi connectivity index (χ0n) is 18.0. The van der Waals surface area contributed by atoms with Crippen LogP contribution in [0.3, 0.4) is 0 Å². The first kappa shape index (κ1) is 23.1. The Bertz CT molecular complexity index is 956. The highest BCUT2D eigenvalue weighted by Gasteiger charge is 2.17. The molecule has 1 atom stereocenters. The Hall–Kier alpha value is -3.14. The molecule has 0 aliphatic rings. The summed E-state index contributed by atoms with van der Waals surface area (Å²) >= 11 is 0. The van der Waals surface area contributed by atoms with E-state index < -0.39 is 0 Å². The Kier molecular flexibility index (Phi) is 8.16. The van der Waals surface area contributed by atoms with Gasteiger partial charge in [0.25, 0.3) is 11.5 Å². The van der Waals surface area contributed by atoms with Gasteiger partial charge in [-0.15, -0.1) is 0 Å². The Labute approximate surface area is 175 Å². The minimum Gasteiger partial charge on any atom is -0.493 e. The zero-order valence-corrected chi connectivity index (χ0v) is 18.0. The number of likely N-dealkylation sites (N-methyl/N-ethyl adjacent to an activating group) is 1. The van der Waals surface area contributed by atoms with E-state index in [2.05, 4.69) is 20.6 Å². The van der Waals surface area contributed by atoms with Gasteiger partial charge in [-0.3, -0.25) is 14.4 Å². The van der Waals surface area contributed by atoms with Gasteiger partial charge in [0.1, 0.15) is 6.54 Å². The monoisotopic (exact) mass is 420 g/mol. The molecule has 1 aromatic heterocycles. The van der Waals surface area contributed by atoms with E-state index in [-0.39, 0.29) is 36.5 Å². The number of quaternary nitrogens is 1. The number of hydrogen-bond donors (Lipinski definition) is 4. The fraction of sp³-hybridized carbons (Fsp3) is 0.500. The number of aromatic amines is 1. The van der Waals surface area contributed by atoms with Gasteiger partial charge >= 0.3 is 0 Å². The van der Waals surface area contributed by atoms with Crippen molar-refractivity contribution in [3.8, 4) is 11.5 Å². The molecule has 164 valence electrons. The van der Waals surface area contributed by atoms with E-state index in [4.69, 9.17) is 9.47 Å². The van der Waals surface area contributed by atoms with Crippen LogP contribution in [0.15, 0.2) is 16.9 Å². The second-order valence-electron chi connectivity index (χ2n) is 7.19. The minimum absolute atomic E-state index is 0.0153. The summed E-state index contributed by atoms with van der Waals surface area (Å²) in [6.07, 6.45) is 0. The van der Waals surface area contributed by atoms with Gasteiger partial charge in [0.2, 0.25) is 5.91 Å². The van der Waals surface area contributed by atoms with Gasteiger partial charge < -0.3 is 30.0 Å². The summed E-state index contributed by atoms with van der Waals surface area (Å²) < 4.78 is 10.5. The average Bonchev–Trinajstić information content (AvgIpc) is 2.70. The standard InChI is InChI=1S/C20H29N5O5/c1-6-25(11-19(27)21-9-18(26)22-12(2)3)10-17-23-14-8-16(30-5)15(29-4)7-13(14)20(28)24-17/h7-8,12H,6,9-11H2,1-5H3,(H,21,27)(H,22,26)(H,23,24,28)/p+1. The SMILES string of the molecule is CC[NH+](CC(=O)NCC(=O)NC(C)C)Cc1nc2cc(OC)c(OC)cc2c(=O)[nH]1. The van der Waals surface area contributed by atoms with Crippen LogP contribution in [0.25, 0.3) is 10.9 Å². The number of aromatic nitrogens is 2. The molecule has 30 heavy (non-hydrogen) atoms. The maximum Gasteiger partial charge on any atom is 0.275 e. The number of nitrogens with one attached hydrogen (secondary N) is 4. The van der Waals surface area contributed by atoms with Gasteiger partial charge in [-0.25, -0.2) is 4.98 Å². The van der Waals surface area contributed by atoms with Crippen LogP contribution in [0.1, 0.15) is 26.6 Å². The van der Waals surface area contributed by atoms with E-state index in [0.717, 1.165) is 4.90 Å². The first-order valence-electron chi connectivity index (χ1n) is 9.81. The molecule has 10 heteroatoms. The molecular formula is C20H30N5O5+. The van der Waals surface area contributed by atoms with Crippen LogP contribution in [-0.2, 0) is 16.1 Å². The van der Waals surface area contributed by atoms with Gasteiger partial charge in [0.05, 0.1) is 38.2 Å². The second kappa shape index (κ2) is 10.6. The molecule has 0 radical (unpaired) electrons. The van der Waals surface area contributed by atoms with Crippen LogP contribution >= 0.6 is 0 Å². The summed E-state index contributed by atoms with van der Waals surface area (Å²) in [5.41, 5.74) is 0.192. The van der Waals surface area contributed by atoms with E-state index in [0.29, 0.717) is 41.3 Å². The topological polar surface area (TPSA) is 127 Å². The van der Waals surface area contributed by atoms with Crippen molar-refractivity contribution in [1.82, 2.24) is 20.6 Å². The molecule has 0 fully saturated rings. The van der Waals surface area contributed by atoms with Crippen molar-refractivity contribution in [2.75, 3.05) is 33.9 Å². The van der Waals surface area contributed by atoms with Gasteiger partial charge in [-0.05, 0) is 26.8 Å². The number of amides is 2. The van der Waals surface area contributed by atoms with Crippen molar-refractivity contribution >= 4 is 22.7 Å². The third kappa shape index (κ3) is 6.18. The zero-order chi connectivity index (χ0) is 22.3. The lowest BCUT2D eigenvalue weighted by atomic mass is 10.2. The number of carbonyl (C=O) groups excluding carboxylic acids is 2. The van der Waals surface area contributed by atoms with E-state index in [9.17, 15) is 14.4 Å². The summed E-state index contributed by atoms with van der Waals surface area (Å²) in [4.78, 5) is 44.5. The first-order valence-corrected chi connectivity index (χ1v) is 9.81. The Morgan fingerprint density at radius 3 is 2.43 bits per heavy atom. The van der Waals surface area contributed by atoms with Gasteiger partial charge in [0.15, 0.2) is 23.9 Å². The summed E-state index contributed by atoms with van der Waals surface area (Å²) in [6, 6.07) is 3.25. The van der Waals surface area contributed by atoms with Crippen molar-refractivity contribution in [2.45, 2.75) is 33.4 Å². The van der Waals surface area contributed by atoms with Crippen molar-refractivity contribution in [3.63, 3.8) is 0 Å². The Morgan fingerprint density at radius 1 is 1.17 bits per heavy atom. The van der Waals surface area contributed by atoms with E-state index in [1.54, 1.807) is 12.1 Å². The van der Waals surface area contributed by atoms with Gasteiger partial charge in [-0.1, -0.05) is 0 Å². The third-order valence-electron chi connectivity index (χ3n) is 4.48. The smallest absolute Gasteiger partial charge is 0.275 e. The predicted octanol–water partition coefficient (Wildman–Crippen LogP) is -1.01. The number of ether oxygens (including phenoxy) is 2. The van der Waals surface area contributed by atoms with Crippen LogP contribution in [0.2, 0.25) is 0 Å². The molecule has 4 N–H and O–H groups in total. The molecule has 1 unspecified atom stereocenters. The molecule has 2 aromatic rings. The minimum atomic E-state index is -0.291. The number of rotatable bonds is 10. The number of H-pyrrole nitrogens is 1. The second-order valence-corrected chi connectivity index (χ2v) is 7.19. The van der Waals surface area contributed by atoms with Crippen LogP contribution in [-0.4, -0.2) is 61.7 Å². The molecule has 0 spiro atoms. The lowest BCUT2D eigenvalue weighted by molar-refractivity contribution is -0.904. The first-order chi connectivity index (χ1) is 14.3. The number of carbonyl (C=O) groups is 2. The van der Waals surface area contributed by atoms with Crippen molar-refractivity contribution in [3.05, 3.63) is 28.3 Å². The predicted molar refractivity (Wildman–Crippen MR) is 112 cm³/mol. The molecule has 1 heterocycles. The molecule has 2 amide bonds. The number of benzene rings is 1. The average molecular weight is 420 g/mol. The number of hydrogen-bond acceptors (Lipinski definition) is 6. The van der Waals surface area contributed by atoms with Crippen LogP contribution in [0.4, 0.5) is 0 Å². The van der Waals surface area contributed by atoms with E-state index in [1.807, 2.05) is 20.8 Å². The highest BCUT2D eigenvalue weighted by molar-refractivity contribution is 5.85. The van der Waals surface area contributed by atoms with Crippen LogP contribution < -0.4 is 30.6 Å². The molecule has 1 aromatic carbocycles. The molecule has 10 nitrogen and oxygen atoms in total. The number of fused-ring (bicyclic) bond motifs is 1. The maximum atomic E-state index is 12.5. The Balaban J connectivity index is 2.10. The molecule has 0 saturated heterocycles. The molecule has 0 saturated carbocycles. The number of nitrogens with zero attached hydrogens (tertiary/aromatic N) is 1. The highest BCUT2D eigenvalue weighted by atomic mass is 16.5. The van der Waals surface area contributed by atoms with E-state index in [1.165, 1.54) is 14.2 Å².